The summed E-state index contributed by atoms with van der Waals surface area (Å²) in [5.41, 5.74) is 0. The van der Waals surface area contributed by atoms with Crippen LogP contribution in [0.5, 0.6) is 0 Å². The molecular weight excluding hydrogens is 266 g/mol. The van der Waals surface area contributed by atoms with Gasteiger partial charge in [-0.1, -0.05) is 65.2 Å². The Morgan fingerprint density at radius 3 is 2.00 bits per heavy atom. The van der Waals surface area contributed by atoms with E-state index in [2.05, 4.69) is 13.8 Å². The minimum Gasteiger partial charge on any atom is -1.00 e. The van der Waals surface area contributed by atoms with Gasteiger partial charge in [0.1, 0.15) is 0 Å². The molecule has 1 aliphatic heterocycles. The number of hydrogen-bond donors (Lipinski definition) is 1. The van der Waals surface area contributed by atoms with E-state index in [1.807, 2.05) is 4.90 Å². The Bertz CT molecular complexity index is 196. The topological polar surface area (TPSA) is 4.44 Å². The van der Waals surface area contributed by atoms with Crippen LogP contribution in [0.2, 0.25) is 0 Å². The van der Waals surface area contributed by atoms with Crippen LogP contribution in [0.3, 0.4) is 0 Å². The lowest BCUT2D eigenvalue weighted by Gasteiger charge is -2.13. The predicted octanol–water partition coefficient (Wildman–Crippen LogP) is 1.23. The second-order valence-electron chi connectivity index (χ2n) is 6.73. The predicted molar refractivity (Wildman–Crippen MR) is 85.8 cm³/mol. The average molecular weight is 304 g/mol. The van der Waals surface area contributed by atoms with E-state index >= 15 is 0 Å². The molecule has 0 spiro atoms. The van der Waals surface area contributed by atoms with Crippen molar-refractivity contribution in [1.29, 1.82) is 0 Å². The summed E-state index contributed by atoms with van der Waals surface area (Å²) in [7, 11) is 0. The highest BCUT2D eigenvalue weighted by molar-refractivity contribution is 4.61. The first-order valence-electron chi connectivity index (χ1n) is 9.20. The van der Waals surface area contributed by atoms with E-state index in [4.69, 9.17) is 0 Å². The molecule has 1 rings (SSSR count). The van der Waals surface area contributed by atoms with Crippen LogP contribution in [-0.2, 0) is 0 Å². The standard InChI is InChI=1S/C18H37N.ClH/c1-3-5-6-7-8-9-10-11-12-15-19-16-14-18(17-19)13-4-2;/h18H,3-17H2,1-2H3;1H. The Labute approximate surface area is 134 Å². The molecule has 0 aliphatic carbocycles. The van der Waals surface area contributed by atoms with Gasteiger partial charge in [0.25, 0.3) is 0 Å². The van der Waals surface area contributed by atoms with E-state index < -0.39 is 0 Å². The average Bonchev–Trinajstić information content (AvgIpc) is 2.85. The molecule has 122 valence electrons. The maximum atomic E-state index is 2.33. The van der Waals surface area contributed by atoms with Crippen molar-refractivity contribution in [3.05, 3.63) is 0 Å². The fourth-order valence-electron chi connectivity index (χ4n) is 3.59. The Morgan fingerprint density at radius 2 is 1.40 bits per heavy atom. The van der Waals surface area contributed by atoms with Crippen molar-refractivity contribution in [3.8, 4) is 0 Å². The minimum atomic E-state index is 0. The molecule has 1 nitrogen and oxygen atoms in total. The van der Waals surface area contributed by atoms with Gasteiger partial charge in [-0.15, -0.1) is 0 Å². The van der Waals surface area contributed by atoms with Gasteiger partial charge >= 0.3 is 0 Å². The molecule has 2 heteroatoms. The second-order valence-corrected chi connectivity index (χ2v) is 6.73. The van der Waals surface area contributed by atoms with Crippen LogP contribution < -0.4 is 17.3 Å². The van der Waals surface area contributed by atoms with E-state index in [0.29, 0.717) is 0 Å². The smallest absolute Gasteiger partial charge is 0.0801 e. The van der Waals surface area contributed by atoms with Crippen LogP contribution in [0, 0.1) is 5.92 Å². The molecule has 2 atom stereocenters. The molecule has 0 saturated carbocycles. The summed E-state index contributed by atoms with van der Waals surface area (Å²) >= 11 is 0. The van der Waals surface area contributed by atoms with Crippen molar-refractivity contribution in [2.75, 3.05) is 19.6 Å². The van der Waals surface area contributed by atoms with Crippen molar-refractivity contribution >= 4 is 0 Å². The van der Waals surface area contributed by atoms with Crippen LogP contribution in [0.25, 0.3) is 0 Å². The number of rotatable bonds is 12. The molecule has 1 N–H and O–H groups in total. The number of unbranched alkanes of at least 4 members (excludes halogenated alkanes) is 8. The Balaban J connectivity index is 0.00000361. The highest BCUT2D eigenvalue weighted by atomic mass is 35.5. The highest BCUT2D eigenvalue weighted by Gasteiger charge is 2.24. The van der Waals surface area contributed by atoms with Gasteiger partial charge in [0, 0.05) is 12.3 Å². The van der Waals surface area contributed by atoms with Crippen LogP contribution in [0.4, 0.5) is 0 Å². The van der Waals surface area contributed by atoms with E-state index in [0.717, 1.165) is 5.92 Å². The van der Waals surface area contributed by atoms with Crippen LogP contribution >= 0.6 is 0 Å². The molecule has 2 unspecified atom stereocenters. The van der Waals surface area contributed by atoms with E-state index in [1.165, 1.54) is 96.7 Å². The monoisotopic (exact) mass is 303 g/mol. The molecule has 0 aromatic heterocycles. The summed E-state index contributed by atoms with van der Waals surface area (Å²) in [5.74, 6) is 1.05. The SMILES string of the molecule is CCCCCCCCCCC[NH+]1CCC(CCC)C1.[Cl-]. The van der Waals surface area contributed by atoms with Crippen LogP contribution in [0.1, 0.15) is 90.9 Å². The molecule has 0 aromatic rings. The Hall–Kier alpha value is 0.250. The number of quaternary nitrogens is 1. The summed E-state index contributed by atoms with van der Waals surface area (Å²) in [5, 5.41) is 0. The second kappa shape index (κ2) is 14.2. The third-order valence-corrected chi connectivity index (χ3v) is 4.81. The molecule has 0 radical (unpaired) electrons. The molecule has 1 fully saturated rings. The molecule has 1 saturated heterocycles. The number of likely N-dealkylation sites (tertiary alicyclic amines) is 1. The Kier molecular flexibility index (Phi) is 14.4. The van der Waals surface area contributed by atoms with Gasteiger partial charge in [-0.25, -0.2) is 0 Å². The maximum absolute atomic E-state index is 2.33. The number of hydrogen-bond acceptors (Lipinski definition) is 0. The summed E-state index contributed by atoms with van der Waals surface area (Å²) in [6.45, 7) is 9.02. The van der Waals surface area contributed by atoms with Crippen molar-refractivity contribution < 1.29 is 17.3 Å². The first-order chi connectivity index (χ1) is 9.36. The first kappa shape index (κ1) is 20.2. The molecule has 1 aliphatic rings. The van der Waals surface area contributed by atoms with Crippen molar-refractivity contribution in [3.63, 3.8) is 0 Å². The largest absolute Gasteiger partial charge is 1.00 e. The third kappa shape index (κ3) is 10.0. The molecule has 1 heterocycles. The molecule has 0 aromatic carbocycles. The Morgan fingerprint density at radius 1 is 0.800 bits per heavy atom. The zero-order valence-electron chi connectivity index (χ0n) is 14.1. The lowest BCUT2D eigenvalue weighted by atomic mass is 10.0. The van der Waals surface area contributed by atoms with Gasteiger partial charge in [-0.3, -0.25) is 0 Å². The third-order valence-electron chi connectivity index (χ3n) is 4.81. The van der Waals surface area contributed by atoms with Crippen molar-refractivity contribution in [2.24, 2.45) is 5.92 Å². The fraction of sp³-hybridized carbons (Fsp3) is 1.00. The summed E-state index contributed by atoms with van der Waals surface area (Å²) in [6.07, 6.45) is 17.5. The van der Waals surface area contributed by atoms with E-state index in [1.54, 1.807) is 0 Å². The summed E-state index contributed by atoms with van der Waals surface area (Å²) in [4.78, 5) is 1.90. The van der Waals surface area contributed by atoms with Gasteiger partial charge in [0.2, 0.25) is 0 Å². The fourth-order valence-corrected chi connectivity index (χ4v) is 3.59. The van der Waals surface area contributed by atoms with Crippen molar-refractivity contribution in [1.82, 2.24) is 0 Å². The first-order valence-corrected chi connectivity index (χ1v) is 9.20. The zero-order chi connectivity index (χ0) is 13.8. The molecule has 0 amide bonds. The van der Waals surface area contributed by atoms with Gasteiger partial charge in [-0.05, 0) is 19.3 Å². The van der Waals surface area contributed by atoms with Crippen LogP contribution in [0.15, 0.2) is 0 Å². The maximum Gasteiger partial charge on any atom is 0.0801 e. The summed E-state index contributed by atoms with van der Waals surface area (Å²) < 4.78 is 0. The lowest BCUT2D eigenvalue weighted by molar-refractivity contribution is -0.889. The minimum absolute atomic E-state index is 0. The highest BCUT2D eigenvalue weighted by Crippen LogP contribution is 2.12. The molecular formula is C18H38ClN. The molecule has 20 heavy (non-hydrogen) atoms. The lowest BCUT2D eigenvalue weighted by Crippen LogP contribution is -3.10. The quantitative estimate of drug-likeness (QED) is 0.517. The number of halogens is 1. The van der Waals surface area contributed by atoms with E-state index in [9.17, 15) is 0 Å². The summed E-state index contributed by atoms with van der Waals surface area (Å²) in [6, 6.07) is 0. The van der Waals surface area contributed by atoms with Crippen LogP contribution in [-0.4, -0.2) is 19.6 Å². The van der Waals surface area contributed by atoms with Gasteiger partial charge in [-0.2, -0.15) is 0 Å². The van der Waals surface area contributed by atoms with Gasteiger partial charge in [0.05, 0.1) is 19.6 Å². The van der Waals surface area contributed by atoms with Crippen molar-refractivity contribution in [2.45, 2.75) is 90.9 Å². The van der Waals surface area contributed by atoms with Gasteiger partial charge < -0.3 is 17.3 Å². The molecule has 0 bridgehead atoms. The number of nitrogens with one attached hydrogen (secondary N) is 1. The zero-order valence-corrected chi connectivity index (χ0v) is 14.8. The normalized spacial score (nSPS) is 21.9. The van der Waals surface area contributed by atoms with E-state index in [-0.39, 0.29) is 12.4 Å². The van der Waals surface area contributed by atoms with Gasteiger partial charge in [0.15, 0.2) is 0 Å².